The standard InChI is InChI=1S/C17H21N5O4/c1-7-11-12(8-4-5-9(25-2)10(6-8)26-3)13-14(18-15(11)22-21-7)19-17(24)20-16(13)23/h4-7,11-12,15,21-22H,1-3H3,(H3,18,19,20,23,24). The normalized spacial score (nSPS) is 26.6. The van der Waals surface area contributed by atoms with Crippen LogP contribution in [0, 0.1) is 5.92 Å². The summed E-state index contributed by atoms with van der Waals surface area (Å²) in [5, 5.41) is 3.22. The average molecular weight is 359 g/mol. The minimum Gasteiger partial charge on any atom is -0.493 e. The first-order valence-corrected chi connectivity index (χ1v) is 8.39. The van der Waals surface area contributed by atoms with Crippen LogP contribution in [-0.2, 0) is 0 Å². The summed E-state index contributed by atoms with van der Waals surface area (Å²) in [5.74, 6) is 1.45. The van der Waals surface area contributed by atoms with Crippen molar-refractivity contribution in [2.75, 3.05) is 19.5 Å². The SMILES string of the molecule is COc1ccc(C2c3c([nH]c(=O)[nH]c3=O)NC3NNC(C)C32)cc1OC. The fraction of sp³-hybridized carbons (Fsp3) is 0.412. The number of aromatic nitrogens is 2. The Labute approximate surface area is 149 Å². The van der Waals surface area contributed by atoms with E-state index >= 15 is 0 Å². The molecular formula is C17H21N5O4. The number of ether oxygens (including phenoxy) is 2. The molecule has 3 heterocycles. The van der Waals surface area contributed by atoms with Gasteiger partial charge in [0.15, 0.2) is 11.5 Å². The fourth-order valence-corrected chi connectivity index (χ4v) is 4.01. The molecule has 0 bridgehead atoms. The minimum atomic E-state index is -0.537. The van der Waals surface area contributed by atoms with Gasteiger partial charge in [-0.15, -0.1) is 0 Å². The summed E-state index contributed by atoms with van der Waals surface area (Å²) in [5.41, 5.74) is 6.89. The summed E-state index contributed by atoms with van der Waals surface area (Å²) in [6.07, 6.45) is -0.131. The van der Waals surface area contributed by atoms with Gasteiger partial charge in [-0.05, 0) is 24.6 Å². The summed E-state index contributed by atoms with van der Waals surface area (Å²) < 4.78 is 10.7. The first kappa shape index (κ1) is 16.7. The summed E-state index contributed by atoms with van der Waals surface area (Å²) in [6.45, 7) is 2.05. The van der Waals surface area contributed by atoms with E-state index in [9.17, 15) is 9.59 Å². The molecule has 4 atom stereocenters. The van der Waals surface area contributed by atoms with Gasteiger partial charge >= 0.3 is 5.69 Å². The van der Waals surface area contributed by atoms with E-state index in [1.165, 1.54) is 0 Å². The molecule has 1 fully saturated rings. The average Bonchev–Trinajstić information content (AvgIpc) is 2.99. The molecule has 26 heavy (non-hydrogen) atoms. The van der Waals surface area contributed by atoms with E-state index in [1.807, 2.05) is 18.2 Å². The molecule has 2 aliphatic heterocycles. The number of rotatable bonds is 3. The molecule has 1 aromatic carbocycles. The number of H-pyrrole nitrogens is 2. The number of anilines is 1. The van der Waals surface area contributed by atoms with Gasteiger partial charge in [-0.3, -0.25) is 20.2 Å². The second-order valence-corrected chi connectivity index (χ2v) is 6.57. The van der Waals surface area contributed by atoms with E-state index < -0.39 is 11.2 Å². The van der Waals surface area contributed by atoms with Gasteiger partial charge in [-0.2, -0.15) is 0 Å². The number of hydrogen-bond acceptors (Lipinski definition) is 7. The Balaban J connectivity index is 1.93. The zero-order valence-corrected chi connectivity index (χ0v) is 14.7. The number of hydrogen-bond donors (Lipinski definition) is 5. The van der Waals surface area contributed by atoms with Gasteiger partial charge in [-0.25, -0.2) is 10.2 Å². The lowest BCUT2D eigenvalue weighted by molar-refractivity contribution is 0.351. The maximum atomic E-state index is 12.6. The van der Waals surface area contributed by atoms with Crippen molar-refractivity contribution in [2.45, 2.75) is 25.0 Å². The van der Waals surface area contributed by atoms with E-state index in [-0.39, 0.29) is 24.0 Å². The Kier molecular flexibility index (Phi) is 3.97. The number of hydrazine groups is 1. The van der Waals surface area contributed by atoms with Gasteiger partial charge in [0, 0.05) is 17.9 Å². The van der Waals surface area contributed by atoms with Gasteiger partial charge in [0.05, 0.1) is 25.9 Å². The van der Waals surface area contributed by atoms with E-state index in [0.717, 1.165) is 5.56 Å². The fourth-order valence-electron chi connectivity index (χ4n) is 4.01. The maximum absolute atomic E-state index is 12.6. The number of aromatic amines is 2. The Hall–Kier alpha value is -2.78. The van der Waals surface area contributed by atoms with Crippen LogP contribution in [0.1, 0.15) is 24.0 Å². The third kappa shape index (κ3) is 2.47. The van der Waals surface area contributed by atoms with Crippen LogP contribution in [0.2, 0.25) is 0 Å². The topological polar surface area (TPSA) is 120 Å². The highest BCUT2D eigenvalue weighted by molar-refractivity contribution is 5.55. The molecular weight excluding hydrogens is 338 g/mol. The van der Waals surface area contributed by atoms with Crippen molar-refractivity contribution in [1.29, 1.82) is 0 Å². The minimum absolute atomic E-state index is 0.0487. The number of fused-ring (bicyclic) bond motifs is 2. The molecule has 0 radical (unpaired) electrons. The van der Waals surface area contributed by atoms with Gasteiger partial charge in [0.1, 0.15) is 5.82 Å². The highest BCUT2D eigenvalue weighted by atomic mass is 16.5. The van der Waals surface area contributed by atoms with Crippen LogP contribution < -0.4 is 36.9 Å². The van der Waals surface area contributed by atoms with Gasteiger partial charge in [0.2, 0.25) is 0 Å². The number of nitrogens with one attached hydrogen (secondary N) is 5. The van der Waals surface area contributed by atoms with Crippen molar-refractivity contribution in [3.05, 3.63) is 50.2 Å². The molecule has 9 heteroatoms. The molecule has 4 unspecified atom stereocenters. The molecule has 1 aromatic heterocycles. The summed E-state index contributed by atoms with van der Waals surface area (Å²) >= 11 is 0. The predicted molar refractivity (Wildman–Crippen MR) is 95.7 cm³/mol. The Bertz CT molecular complexity index is 953. The Morgan fingerprint density at radius 3 is 2.50 bits per heavy atom. The van der Waals surface area contributed by atoms with Gasteiger partial charge in [-0.1, -0.05) is 6.07 Å². The van der Waals surface area contributed by atoms with E-state index in [1.54, 1.807) is 14.2 Å². The van der Waals surface area contributed by atoms with Crippen LogP contribution in [0.4, 0.5) is 5.82 Å². The monoisotopic (exact) mass is 359 g/mol. The van der Waals surface area contributed by atoms with Crippen LogP contribution in [0.3, 0.4) is 0 Å². The molecule has 1 saturated heterocycles. The van der Waals surface area contributed by atoms with Crippen molar-refractivity contribution >= 4 is 5.82 Å². The Morgan fingerprint density at radius 1 is 1.00 bits per heavy atom. The van der Waals surface area contributed by atoms with Crippen molar-refractivity contribution in [1.82, 2.24) is 20.8 Å². The van der Waals surface area contributed by atoms with Crippen molar-refractivity contribution in [3.63, 3.8) is 0 Å². The first-order chi connectivity index (χ1) is 12.5. The molecule has 4 rings (SSSR count). The van der Waals surface area contributed by atoms with Crippen LogP contribution in [0.25, 0.3) is 0 Å². The maximum Gasteiger partial charge on any atom is 0.327 e. The molecule has 0 saturated carbocycles. The van der Waals surface area contributed by atoms with Crippen molar-refractivity contribution in [3.8, 4) is 11.5 Å². The summed E-state index contributed by atoms with van der Waals surface area (Å²) in [7, 11) is 3.15. The first-order valence-electron chi connectivity index (χ1n) is 8.39. The molecule has 2 aliphatic rings. The van der Waals surface area contributed by atoms with Crippen molar-refractivity contribution in [2.24, 2.45) is 5.92 Å². The van der Waals surface area contributed by atoms with Gasteiger partial charge < -0.3 is 14.8 Å². The molecule has 0 spiro atoms. The van der Waals surface area contributed by atoms with Crippen molar-refractivity contribution < 1.29 is 9.47 Å². The molecule has 0 aliphatic carbocycles. The lowest BCUT2D eigenvalue weighted by Crippen LogP contribution is -2.47. The third-order valence-corrected chi connectivity index (χ3v) is 5.17. The highest BCUT2D eigenvalue weighted by Gasteiger charge is 2.46. The van der Waals surface area contributed by atoms with E-state index in [4.69, 9.17) is 9.47 Å². The van der Waals surface area contributed by atoms with E-state index in [2.05, 4.69) is 33.1 Å². The quantitative estimate of drug-likeness (QED) is 0.526. The number of methoxy groups -OCH3 is 2. The Morgan fingerprint density at radius 2 is 1.77 bits per heavy atom. The molecule has 2 aromatic rings. The number of benzene rings is 1. The second-order valence-electron chi connectivity index (χ2n) is 6.57. The summed E-state index contributed by atoms with van der Waals surface area (Å²) in [4.78, 5) is 29.4. The smallest absolute Gasteiger partial charge is 0.327 e. The highest BCUT2D eigenvalue weighted by Crippen LogP contribution is 2.44. The predicted octanol–water partition coefficient (Wildman–Crippen LogP) is 0.0764. The third-order valence-electron chi connectivity index (χ3n) is 5.17. The second kappa shape index (κ2) is 6.19. The van der Waals surface area contributed by atoms with Crippen LogP contribution in [0.15, 0.2) is 27.8 Å². The zero-order chi connectivity index (χ0) is 18.4. The zero-order valence-electron chi connectivity index (χ0n) is 14.7. The summed E-state index contributed by atoms with van der Waals surface area (Å²) in [6, 6.07) is 5.73. The molecule has 0 amide bonds. The molecule has 5 N–H and O–H groups in total. The van der Waals surface area contributed by atoms with Gasteiger partial charge in [0.25, 0.3) is 5.56 Å². The lowest BCUT2D eigenvalue weighted by atomic mass is 9.75. The van der Waals surface area contributed by atoms with Crippen LogP contribution in [0.5, 0.6) is 11.5 Å². The largest absolute Gasteiger partial charge is 0.493 e. The lowest BCUT2D eigenvalue weighted by Gasteiger charge is -2.36. The van der Waals surface area contributed by atoms with Crippen LogP contribution >= 0.6 is 0 Å². The van der Waals surface area contributed by atoms with Crippen LogP contribution in [-0.4, -0.2) is 36.4 Å². The molecule has 138 valence electrons. The molecule has 9 nitrogen and oxygen atoms in total. The van der Waals surface area contributed by atoms with E-state index in [0.29, 0.717) is 22.9 Å².